The second-order valence-corrected chi connectivity index (χ2v) is 1.62. The Kier molecular flexibility index (Phi) is 2.30. The monoisotopic (exact) mass is 151 g/mol. The van der Waals surface area contributed by atoms with Gasteiger partial charge in [-0.25, -0.2) is 9.78 Å². The molecule has 0 atom stereocenters. The van der Waals surface area contributed by atoms with Crippen molar-refractivity contribution in [2.45, 2.75) is 0 Å². The Morgan fingerprint density at radius 2 is 2.55 bits per heavy atom. The highest BCUT2D eigenvalue weighted by molar-refractivity contribution is 5.52. The number of nitrogens with zero attached hydrogens (tertiary/aromatic N) is 3. The van der Waals surface area contributed by atoms with E-state index in [4.69, 9.17) is 4.74 Å². The van der Waals surface area contributed by atoms with E-state index in [2.05, 4.69) is 15.0 Å². The summed E-state index contributed by atoms with van der Waals surface area (Å²) in [5.41, 5.74) is 0.282. The summed E-state index contributed by atoms with van der Waals surface area (Å²) in [5.74, 6) is 0.267. The molecule has 1 rings (SSSR count). The highest BCUT2D eigenvalue weighted by atomic mass is 16.5. The molecule has 0 aliphatic heterocycles. The van der Waals surface area contributed by atoms with Crippen LogP contribution in [0.2, 0.25) is 0 Å². The van der Waals surface area contributed by atoms with Gasteiger partial charge in [-0.05, 0) is 0 Å². The quantitative estimate of drug-likeness (QED) is 0.454. The van der Waals surface area contributed by atoms with Crippen LogP contribution in [0.3, 0.4) is 0 Å². The van der Waals surface area contributed by atoms with Crippen LogP contribution in [-0.4, -0.2) is 23.2 Å². The first-order valence-electron chi connectivity index (χ1n) is 2.80. The van der Waals surface area contributed by atoms with E-state index < -0.39 is 0 Å². The maximum atomic E-state index is 9.84. The number of carbonyl (C=O) groups excluding carboxylic acids is 1. The lowest BCUT2D eigenvalue weighted by molar-refractivity contribution is 0.398. The molecule has 0 aliphatic carbocycles. The summed E-state index contributed by atoms with van der Waals surface area (Å²) < 4.78 is 4.77. The van der Waals surface area contributed by atoms with Crippen molar-refractivity contribution in [3.8, 4) is 5.88 Å². The molecule has 1 heterocycles. The molecule has 0 unspecified atom stereocenters. The van der Waals surface area contributed by atoms with Crippen molar-refractivity contribution in [1.82, 2.24) is 9.97 Å². The normalized spacial score (nSPS) is 8.45. The van der Waals surface area contributed by atoms with Gasteiger partial charge in [0.15, 0.2) is 5.69 Å². The van der Waals surface area contributed by atoms with Gasteiger partial charge in [-0.1, -0.05) is 0 Å². The molecule has 0 bridgehead atoms. The minimum atomic E-state index is 0.267. The molecule has 5 nitrogen and oxygen atoms in total. The Morgan fingerprint density at radius 3 is 3.18 bits per heavy atom. The van der Waals surface area contributed by atoms with Crippen molar-refractivity contribution >= 4 is 11.8 Å². The fourth-order valence-corrected chi connectivity index (χ4v) is 0.594. The van der Waals surface area contributed by atoms with Gasteiger partial charge in [-0.2, -0.15) is 9.98 Å². The molecule has 5 heteroatoms. The number of isocyanates is 1. The Balaban J connectivity index is 3.11. The highest BCUT2D eigenvalue weighted by Crippen LogP contribution is 2.20. The van der Waals surface area contributed by atoms with E-state index in [1.165, 1.54) is 25.7 Å². The van der Waals surface area contributed by atoms with Crippen LogP contribution in [0, 0.1) is 0 Å². The first-order valence-corrected chi connectivity index (χ1v) is 2.80. The summed E-state index contributed by atoms with van der Waals surface area (Å²) in [6.07, 6.45) is 4.05. The summed E-state index contributed by atoms with van der Waals surface area (Å²) in [6, 6.07) is 0. The van der Waals surface area contributed by atoms with Gasteiger partial charge in [0.1, 0.15) is 6.33 Å². The lowest BCUT2D eigenvalue weighted by Gasteiger charge is -1.97. The van der Waals surface area contributed by atoms with Crippen LogP contribution in [0.25, 0.3) is 0 Å². The molecule has 0 saturated carbocycles. The lowest BCUT2D eigenvalue weighted by atomic mass is 10.5. The van der Waals surface area contributed by atoms with Gasteiger partial charge in [0, 0.05) is 0 Å². The fraction of sp³-hybridized carbons (Fsp3) is 0.167. The summed E-state index contributed by atoms with van der Waals surface area (Å²) in [7, 11) is 1.44. The Bertz CT molecular complexity index is 294. The van der Waals surface area contributed by atoms with Gasteiger partial charge in [0.2, 0.25) is 12.0 Å². The predicted molar refractivity (Wildman–Crippen MR) is 36.4 cm³/mol. The zero-order valence-electron chi connectivity index (χ0n) is 5.81. The number of aromatic nitrogens is 2. The number of aliphatic imine (C=N–C) groups is 1. The summed E-state index contributed by atoms with van der Waals surface area (Å²) >= 11 is 0. The maximum Gasteiger partial charge on any atom is 0.243 e. The number of hydrogen-bond acceptors (Lipinski definition) is 5. The SMILES string of the molecule is COc1ncncc1N=C=O. The molecule has 0 spiro atoms. The number of rotatable bonds is 2. The second-order valence-electron chi connectivity index (χ2n) is 1.62. The minimum Gasteiger partial charge on any atom is -0.479 e. The third-order valence-corrected chi connectivity index (χ3v) is 1.02. The third kappa shape index (κ3) is 1.59. The van der Waals surface area contributed by atoms with Crippen molar-refractivity contribution in [3.05, 3.63) is 12.5 Å². The van der Waals surface area contributed by atoms with Gasteiger partial charge in [0.05, 0.1) is 13.3 Å². The van der Waals surface area contributed by atoms with E-state index in [1.807, 2.05) is 0 Å². The van der Waals surface area contributed by atoms with Gasteiger partial charge in [0.25, 0.3) is 0 Å². The number of methoxy groups -OCH3 is 1. The molecular formula is C6H5N3O2. The molecule has 0 amide bonds. The number of hydrogen-bond donors (Lipinski definition) is 0. The molecule has 0 radical (unpaired) electrons. The third-order valence-electron chi connectivity index (χ3n) is 1.02. The van der Waals surface area contributed by atoms with E-state index in [0.717, 1.165) is 0 Å². The molecule has 56 valence electrons. The van der Waals surface area contributed by atoms with Crippen molar-refractivity contribution in [3.63, 3.8) is 0 Å². The molecule has 1 aromatic heterocycles. The lowest BCUT2D eigenvalue weighted by Crippen LogP contribution is -1.87. The fourth-order valence-electron chi connectivity index (χ4n) is 0.594. The number of ether oxygens (including phenoxy) is 1. The molecule has 11 heavy (non-hydrogen) atoms. The van der Waals surface area contributed by atoms with Crippen LogP contribution in [-0.2, 0) is 4.79 Å². The molecule has 1 aromatic rings. The molecule has 0 saturated heterocycles. The van der Waals surface area contributed by atoms with E-state index in [1.54, 1.807) is 0 Å². The van der Waals surface area contributed by atoms with Crippen LogP contribution >= 0.6 is 0 Å². The maximum absolute atomic E-state index is 9.84. The van der Waals surface area contributed by atoms with Crippen molar-refractivity contribution in [2.24, 2.45) is 4.99 Å². The van der Waals surface area contributed by atoms with Crippen molar-refractivity contribution in [2.75, 3.05) is 7.11 Å². The topological polar surface area (TPSA) is 64.4 Å². The predicted octanol–water partition coefficient (Wildman–Crippen LogP) is 0.452. The Labute approximate surface area is 62.8 Å². The molecule has 0 aliphatic rings. The van der Waals surface area contributed by atoms with Crippen LogP contribution in [0.15, 0.2) is 17.5 Å². The van der Waals surface area contributed by atoms with Gasteiger partial charge in [-0.3, -0.25) is 0 Å². The Morgan fingerprint density at radius 1 is 1.73 bits per heavy atom. The average Bonchev–Trinajstić information content (AvgIpc) is 2.06. The van der Waals surface area contributed by atoms with E-state index in [9.17, 15) is 4.79 Å². The largest absolute Gasteiger partial charge is 0.479 e. The summed E-state index contributed by atoms with van der Waals surface area (Å²) in [5, 5.41) is 0. The smallest absolute Gasteiger partial charge is 0.243 e. The molecule has 0 fully saturated rings. The highest BCUT2D eigenvalue weighted by Gasteiger charge is 1.99. The van der Waals surface area contributed by atoms with Crippen LogP contribution in [0.5, 0.6) is 5.88 Å². The van der Waals surface area contributed by atoms with Gasteiger partial charge in [-0.15, -0.1) is 0 Å². The molecular weight excluding hydrogens is 146 g/mol. The van der Waals surface area contributed by atoms with Crippen LogP contribution in [0.4, 0.5) is 5.69 Å². The Hall–Kier alpha value is -1.74. The van der Waals surface area contributed by atoms with E-state index >= 15 is 0 Å². The summed E-state index contributed by atoms with van der Waals surface area (Å²) in [4.78, 5) is 20.5. The van der Waals surface area contributed by atoms with E-state index in [0.29, 0.717) is 0 Å². The standard InChI is InChI=1S/C6H5N3O2/c1-11-6-5(9-4-10)2-7-3-8-6/h2-3H,1H3. The second kappa shape index (κ2) is 3.43. The first kappa shape index (κ1) is 7.37. The van der Waals surface area contributed by atoms with E-state index in [-0.39, 0.29) is 11.6 Å². The molecule has 0 N–H and O–H groups in total. The van der Waals surface area contributed by atoms with Crippen LogP contribution in [0.1, 0.15) is 0 Å². The van der Waals surface area contributed by atoms with Gasteiger partial charge < -0.3 is 4.74 Å². The minimum absolute atomic E-state index is 0.267. The zero-order valence-corrected chi connectivity index (χ0v) is 5.81. The van der Waals surface area contributed by atoms with Crippen LogP contribution < -0.4 is 4.74 Å². The zero-order chi connectivity index (χ0) is 8.10. The summed E-state index contributed by atoms with van der Waals surface area (Å²) in [6.45, 7) is 0. The van der Waals surface area contributed by atoms with Crippen molar-refractivity contribution in [1.29, 1.82) is 0 Å². The molecule has 0 aromatic carbocycles. The first-order chi connectivity index (χ1) is 5.38. The van der Waals surface area contributed by atoms with Gasteiger partial charge >= 0.3 is 0 Å². The average molecular weight is 151 g/mol. The van der Waals surface area contributed by atoms with Crippen molar-refractivity contribution < 1.29 is 9.53 Å².